The lowest BCUT2D eigenvalue weighted by molar-refractivity contribution is -0.113. The molecule has 4 nitrogen and oxygen atoms in total. The fourth-order valence-corrected chi connectivity index (χ4v) is 4.14. The lowest BCUT2D eigenvalue weighted by Gasteiger charge is -2.31. The summed E-state index contributed by atoms with van der Waals surface area (Å²) in [5.74, 6) is -0.144. The minimum Gasteiger partial charge on any atom is -0.351 e. The van der Waals surface area contributed by atoms with Crippen LogP contribution in [0.2, 0.25) is 0 Å². The first kappa shape index (κ1) is 19.2. The zero-order valence-electron chi connectivity index (χ0n) is 16.7. The van der Waals surface area contributed by atoms with Crippen molar-refractivity contribution < 1.29 is 4.79 Å². The molecule has 0 bridgehead atoms. The van der Waals surface area contributed by atoms with E-state index in [0.717, 1.165) is 38.8 Å². The summed E-state index contributed by atoms with van der Waals surface area (Å²) in [7, 11) is 0. The van der Waals surface area contributed by atoms with E-state index in [1.807, 2.05) is 57.2 Å². The Morgan fingerprint density at radius 1 is 1.00 bits per heavy atom. The molecule has 0 aliphatic carbocycles. The van der Waals surface area contributed by atoms with Gasteiger partial charge in [-0.25, -0.2) is 0 Å². The first-order valence-corrected chi connectivity index (χ1v) is 9.99. The molecule has 1 aliphatic heterocycles. The van der Waals surface area contributed by atoms with E-state index in [2.05, 4.69) is 40.2 Å². The number of amides is 1. The minimum atomic E-state index is -0.333. The van der Waals surface area contributed by atoms with E-state index >= 15 is 0 Å². The van der Waals surface area contributed by atoms with E-state index in [9.17, 15) is 4.79 Å². The van der Waals surface area contributed by atoms with Gasteiger partial charge in [-0.3, -0.25) is 4.79 Å². The summed E-state index contributed by atoms with van der Waals surface area (Å²) in [6.45, 7) is 5.93. The van der Waals surface area contributed by atoms with Gasteiger partial charge in [-0.2, -0.15) is 0 Å². The Morgan fingerprint density at radius 2 is 1.76 bits per heavy atom. The van der Waals surface area contributed by atoms with Gasteiger partial charge in [0.05, 0.1) is 11.6 Å². The first-order chi connectivity index (χ1) is 13.9. The lowest BCUT2D eigenvalue weighted by atomic mass is 9.91. The normalized spacial score (nSPS) is 16.4. The maximum absolute atomic E-state index is 13.3. The van der Waals surface area contributed by atoms with E-state index in [1.165, 1.54) is 0 Å². The van der Waals surface area contributed by atoms with Crippen molar-refractivity contribution in [1.29, 1.82) is 0 Å². The van der Waals surface area contributed by atoms with Gasteiger partial charge in [-0.1, -0.05) is 60.2 Å². The first-order valence-electron chi connectivity index (χ1n) is 9.58. The summed E-state index contributed by atoms with van der Waals surface area (Å²) < 4.78 is 0. The number of hydrogen-bond donors (Lipinski definition) is 3. The summed E-state index contributed by atoms with van der Waals surface area (Å²) in [5, 5.41) is 12.2. The third-order valence-electron chi connectivity index (χ3n) is 5.28. The second-order valence-electron chi connectivity index (χ2n) is 7.41. The molecule has 146 valence electrons. The molecule has 1 atom stereocenters. The molecule has 0 radical (unpaired) electrons. The average Bonchev–Trinajstić information content (AvgIpc) is 2.69. The summed E-state index contributed by atoms with van der Waals surface area (Å²) in [6, 6.07) is 20.0. The SMILES string of the molecule is CC1=C(C(=O)Nc2ccc(C)cc2C)C(c2cccc3ccccc23)NC(=S)N1. The monoisotopic (exact) mass is 401 g/mol. The van der Waals surface area contributed by atoms with Crippen LogP contribution in [0.25, 0.3) is 10.8 Å². The quantitative estimate of drug-likeness (QED) is 0.547. The maximum atomic E-state index is 13.3. The highest BCUT2D eigenvalue weighted by molar-refractivity contribution is 7.80. The van der Waals surface area contributed by atoms with Crippen LogP contribution in [-0.2, 0) is 4.79 Å². The van der Waals surface area contributed by atoms with Crippen LogP contribution in [0.4, 0.5) is 5.69 Å². The molecule has 0 spiro atoms. The Morgan fingerprint density at radius 3 is 2.55 bits per heavy atom. The van der Waals surface area contributed by atoms with Gasteiger partial charge >= 0.3 is 0 Å². The number of hydrogen-bond acceptors (Lipinski definition) is 2. The number of fused-ring (bicyclic) bond motifs is 1. The van der Waals surface area contributed by atoms with Gasteiger partial charge in [-0.05, 0) is 61.0 Å². The van der Waals surface area contributed by atoms with E-state index < -0.39 is 0 Å². The van der Waals surface area contributed by atoms with Gasteiger partial charge in [0.15, 0.2) is 5.11 Å². The zero-order valence-corrected chi connectivity index (χ0v) is 17.5. The van der Waals surface area contributed by atoms with Gasteiger partial charge < -0.3 is 16.0 Å². The van der Waals surface area contributed by atoms with Crippen molar-refractivity contribution in [1.82, 2.24) is 10.6 Å². The predicted molar refractivity (Wildman–Crippen MR) is 123 cm³/mol. The number of rotatable bonds is 3. The summed E-state index contributed by atoms with van der Waals surface area (Å²) in [5.41, 5.74) is 5.42. The van der Waals surface area contributed by atoms with Crippen LogP contribution in [0.3, 0.4) is 0 Å². The number of thiocarbonyl (C=S) groups is 1. The number of benzene rings is 3. The third kappa shape index (κ3) is 3.74. The molecular weight excluding hydrogens is 378 g/mol. The zero-order chi connectivity index (χ0) is 20.5. The largest absolute Gasteiger partial charge is 0.351 e. The van der Waals surface area contributed by atoms with Crippen LogP contribution >= 0.6 is 12.2 Å². The van der Waals surface area contributed by atoms with Crippen molar-refractivity contribution in [3.05, 3.63) is 88.6 Å². The number of carbonyl (C=O) groups excluding carboxylic acids is 1. The third-order valence-corrected chi connectivity index (χ3v) is 5.50. The van der Waals surface area contributed by atoms with Crippen LogP contribution in [0.15, 0.2) is 71.9 Å². The van der Waals surface area contributed by atoms with Crippen LogP contribution < -0.4 is 16.0 Å². The molecular formula is C24H23N3OS. The van der Waals surface area contributed by atoms with Crippen LogP contribution in [0, 0.1) is 13.8 Å². The van der Waals surface area contributed by atoms with Crippen molar-refractivity contribution in [3.8, 4) is 0 Å². The van der Waals surface area contributed by atoms with Crippen LogP contribution in [0.5, 0.6) is 0 Å². The second-order valence-corrected chi connectivity index (χ2v) is 7.82. The fraction of sp³-hybridized carbons (Fsp3) is 0.167. The van der Waals surface area contributed by atoms with E-state index in [1.54, 1.807) is 0 Å². The van der Waals surface area contributed by atoms with Gasteiger partial charge in [0.2, 0.25) is 0 Å². The Hall–Kier alpha value is -3.18. The molecule has 29 heavy (non-hydrogen) atoms. The van der Waals surface area contributed by atoms with Crippen molar-refractivity contribution in [3.63, 3.8) is 0 Å². The minimum absolute atomic E-state index is 0.144. The van der Waals surface area contributed by atoms with Crippen LogP contribution in [0.1, 0.15) is 29.7 Å². The standard InChI is InChI=1S/C24H23N3OS/c1-14-11-12-20(15(2)13-14)26-23(28)21-16(3)25-24(29)27-22(21)19-10-6-8-17-7-4-5-9-18(17)19/h4-13,22H,1-3H3,(H,26,28)(H2,25,27,29). The summed E-state index contributed by atoms with van der Waals surface area (Å²) in [6.07, 6.45) is 0. The molecule has 3 aromatic rings. The molecule has 0 fully saturated rings. The predicted octanol–water partition coefficient (Wildman–Crippen LogP) is 4.89. The highest BCUT2D eigenvalue weighted by Crippen LogP contribution is 2.32. The molecule has 3 aromatic carbocycles. The van der Waals surface area contributed by atoms with Crippen molar-refractivity contribution >= 4 is 39.7 Å². The fourth-order valence-electron chi connectivity index (χ4n) is 3.87. The Kier molecular flexibility index (Phi) is 5.07. The number of carbonyl (C=O) groups is 1. The van der Waals surface area contributed by atoms with E-state index in [0.29, 0.717) is 10.7 Å². The molecule has 1 unspecified atom stereocenters. The Bertz CT molecular complexity index is 1160. The Balaban J connectivity index is 1.77. The van der Waals surface area contributed by atoms with Gasteiger partial charge in [0, 0.05) is 11.4 Å². The lowest BCUT2D eigenvalue weighted by Crippen LogP contribution is -2.45. The molecule has 0 aromatic heterocycles. The van der Waals surface area contributed by atoms with Crippen molar-refractivity contribution in [2.75, 3.05) is 5.32 Å². The topological polar surface area (TPSA) is 53.2 Å². The second kappa shape index (κ2) is 7.68. The average molecular weight is 402 g/mol. The molecule has 0 saturated heterocycles. The summed E-state index contributed by atoms with van der Waals surface area (Å²) in [4.78, 5) is 13.3. The Labute approximate surface area is 176 Å². The molecule has 0 saturated carbocycles. The molecule has 4 rings (SSSR count). The summed E-state index contributed by atoms with van der Waals surface area (Å²) >= 11 is 5.40. The molecule has 1 heterocycles. The number of aryl methyl sites for hydroxylation is 2. The van der Waals surface area contributed by atoms with Crippen molar-refractivity contribution in [2.24, 2.45) is 0 Å². The van der Waals surface area contributed by atoms with E-state index in [-0.39, 0.29) is 11.9 Å². The molecule has 3 N–H and O–H groups in total. The molecule has 5 heteroatoms. The number of nitrogens with one attached hydrogen (secondary N) is 3. The number of anilines is 1. The number of allylic oxidation sites excluding steroid dienone is 1. The van der Waals surface area contributed by atoms with E-state index in [4.69, 9.17) is 12.2 Å². The van der Waals surface area contributed by atoms with Crippen LogP contribution in [-0.4, -0.2) is 11.0 Å². The highest BCUT2D eigenvalue weighted by atomic mass is 32.1. The van der Waals surface area contributed by atoms with Gasteiger partial charge in [0.25, 0.3) is 5.91 Å². The molecule has 1 aliphatic rings. The maximum Gasteiger partial charge on any atom is 0.255 e. The highest BCUT2D eigenvalue weighted by Gasteiger charge is 2.31. The smallest absolute Gasteiger partial charge is 0.255 e. The van der Waals surface area contributed by atoms with Gasteiger partial charge in [-0.15, -0.1) is 0 Å². The molecule has 1 amide bonds. The van der Waals surface area contributed by atoms with Crippen molar-refractivity contribution in [2.45, 2.75) is 26.8 Å². The van der Waals surface area contributed by atoms with Gasteiger partial charge in [0.1, 0.15) is 0 Å².